The molecule has 0 spiro atoms. The molecule has 3 rings (SSSR count). The van der Waals surface area contributed by atoms with Gasteiger partial charge in [0.2, 0.25) is 0 Å². The second-order valence-electron chi connectivity index (χ2n) is 5.73. The summed E-state index contributed by atoms with van der Waals surface area (Å²) in [6.45, 7) is 3.96. The molecule has 0 bridgehead atoms. The van der Waals surface area contributed by atoms with Crippen molar-refractivity contribution in [3.63, 3.8) is 0 Å². The Morgan fingerprint density at radius 1 is 0.783 bits per heavy atom. The summed E-state index contributed by atoms with van der Waals surface area (Å²) in [5, 5.41) is 0.966. The van der Waals surface area contributed by atoms with E-state index in [0.29, 0.717) is 10.6 Å². The lowest BCUT2D eigenvalue weighted by Crippen LogP contribution is -2.17. The van der Waals surface area contributed by atoms with Crippen LogP contribution in [0.2, 0.25) is 0 Å². The van der Waals surface area contributed by atoms with E-state index < -0.39 is 7.37 Å². The molecule has 0 aliphatic carbocycles. The van der Waals surface area contributed by atoms with Crippen molar-refractivity contribution in [2.75, 3.05) is 0 Å². The van der Waals surface area contributed by atoms with Crippen LogP contribution in [0.25, 0.3) is 11.1 Å². The van der Waals surface area contributed by atoms with Gasteiger partial charge in [-0.1, -0.05) is 54.6 Å². The van der Waals surface area contributed by atoms with E-state index in [1.807, 2.05) is 37.3 Å². The lowest BCUT2D eigenvalue weighted by atomic mass is 9.99. The fourth-order valence-electron chi connectivity index (χ4n) is 2.83. The van der Waals surface area contributed by atoms with Gasteiger partial charge in [-0.2, -0.15) is 0 Å². The Hall–Kier alpha value is -2.15. The summed E-state index contributed by atoms with van der Waals surface area (Å²) in [5.41, 5.74) is 4.24. The summed E-state index contributed by atoms with van der Waals surface area (Å²) in [6, 6.07) is 22.7. The van der Waals surface area contributed by atoms with Crippen molar-refractivity contribution in [2.24, 2.45) is 0 Å². The maximum absolute atomic E-state index is 12.9. The number of rotatable bonds is 3. The minimum Gasteiger partial charge on any atom is -0.338 e. The standard InChI is InChI=1S/C20H19O2P/c1-15-8-6-7-11-19(15)17-12-13-20(16(2)14-17)23(21,22)18-9-4-3-5-10-18/h3-14H,1-2H3,(H,21,22). The number of hydrogen-bond acceptors (Lipinski definition) is 1. The van der Waals surface area contributed by atoms with Crippen molar-refractivity contribution in [3.05, 3.63) is 83.9 Å². The van der Waals surface area contributed by atoms with Crippen molar-refractivity contribution >= 4 is 18.0 Å². The van der Waals surface area contributed by atoms with Crippen LogP contribution in [0.15, 0.2) is 72.8 Å². The predicted octanol–water partition coefficient (Wildman–Crippen LogP) is 4.19. The average Bonchev–Trinajstić information content (AvgIpc) is 2.56. The minimum atomic E-state index is -3.56. The normalized spacial score (nSPS) is 13.5. The number of aryl methyl sites for hydroxylation is 2. The van der Waals surface area contributed by atoms with Gasteiger partial charge in [-0.3, -0.25) is 4.57 Å². The third-order valence-electron chi connectivity index (χ3n) is 4.09. The molecule has 3 heteroatoms. The third kappa shape index (κ3) is 3.01. The molecule has 1 atom stereocenters. The van der Waals surface area contributed by atoms with Gasteiger partial charge in [0.15, 0.2) is 0 Å². The van der Waals surface area contributed by atoms with Crippen LogP contribution in [0.1, 0.15) is 11.1 Å². The Morgan fingerprint density at radius 2 is 1.43 bits per heavy atom. The first-order valence-electron chi connectivity index (χ1n) is 7.56. The zero-order valence-corrected chi connectivity index (χ0v) is 14.1. The monoisotopic (exact) mass is 322 g/mol. The fourth-order valence-corrected chi connectivity index (χ4v) is 4.50. The molecule has 1 unspecified atom stereocenters. The summed E-state index contributed by atoms with van der Waals surface area (Å²) in [7, 11) is -3.56. The molecule has 116 valence electrons. The maximum Gasteiger partial charge on any atom is 0.259 e. The van der Waals surface area contributed by atoms with Gasteiger partial charge < -0.3 is 4.89 Å². The van der Waals surface area contributed by atoms with Crippen molar-refractivity contribution in [1.82, 2.24) is 0 Å². The van der Waals surface area contributed by atoms with E-state index in [0.717, 1.165) is 16.7 Å². The summed E-state index contributed by atoms with van der Waals surface area (Å²) < 4.78 is 12.9. The molecule has 0 amide bonds. The van der Waals surface area contributed by atoms with Crippen molar-refractivity contribution in [1.29, 1.82) is 0 Å². The molecule has 0 heterocycles. The van der Waals surface area contributed by atoms with Crippen LogP contribution in [0.3, 0.4) is 0 Å². The first-order chi connectivity index (χ1) is 11.0. The molecule has 0 aliphatic heterocycles. The van der Waals surface area contributed by atoms with Gasteiger partial charge in [0.05, 0.1) is 0 Å². The zero-order chi connectivity index (χ0) is 16.4. The van der Waals surface area contributed by atoms with Crippen LogP contribution in [0, 0.1) is 13.8 Å². The van der Waals surface area contributed by atoms with Gasteiger partial charge >= 0.3 is 0 Å². The summed E-state index contributed by atoms with van der Waals surface area (Å²) in [4.78, 5) is 10.6. The molecule has 0 saturated carbocycles. The van der Waals surface area contributed by atoms with Crippen LogP contribution in [0.5, 0.6) is 0 Å². The molecule has 2 nitrogen and oxygen atoms in total. The first-order valence-corrected chi connectivity index (χ1v) is 9.22. The van der Waals surface area contributed by atoms with E-state index in [2.05, 4.69) is 19.1 Å². The highest BCUT2D eigenvalue weighted by atomic mass is 31.2. The maximum atomic E-state index is 12.9. The second kappa shape index (κ2) is 6.16. The fraction of sp³-hybridized carbons (Fsp3) is 0.100. The lowest BCUT2D eigenvalue weighted by molar-refractivity contribution is 0.501. The summed E-state index contributed by atoms with van der Waals surface area (Å²) in [5.74, 6) is 0. The van der Waals surface area contributed by atoms with E-state index in [9.17, 15) is 9.46 Å². The first kappa shape index (κ1) is 15.7. The Bertz CT molecular complexity index is 885. The molecule has 3 aromatic rings. The highest BCUT2D eigenvalue weighted by Crippen LogP contribution is 2.40. The van der Waals surface area contributed by atoms with Crippen molar-refractivity contribution in [3.8, 4) is 11.1 Å². The predicted molar refractivity (Wildman–Crippen MR) is 96.9 cm³/mol. The van der Waals surface area contributed by atoms with E-state index in [1.54, 1.807) is 30.3 Å². The highest BCUT2D eigenvalue weighted by molar-refractivity contribution is 7.73. The third-order valence-corrected chi connectivity index (χ3v) is 6.24. The van der Waals surface area contributed by atoms with Gasteiger partial charge in [-0.05, 0) is 54.3 Å². The molecule has 0 aromatic heterocycles. The number of benzene rings is 3. The SMILES string of the molecule is Cc1ccccc1-c1ccc(P(=O)(O)c2ccccc2)c(C)c1. The largest absolute Gasteiger partial charge is 0.338 e. The van der Waals surface area contributed by atoms with Gasteiger partial charge in [0, 0.05) is 10.6 Å². The molecule has 3 aromatic carbocycles. The average molecular weight is 322 g/mol. The summed E-state index contributed by atoms with van der Waals surface area (Å²) in [6.07, 6.45) is 0. The topological polar surface area (TPSA) is 37.3 Å². The molecular weight excluding hydrogens is 303 g/mol. The van der Waals surface area contributed by atoms with Crippen LogP contribution in [-0.2, 0) is 4.57 Å². The molecule has 1 N–H and O–H groups in total. The van der Waals surface area contributed by atoms with Crippen LogP contribution >= 0.6 is 7.37 Å². The van der Waals surface area contributed by atoms with Crippen LogP contribution in [-0.4, -0.2) is 4.89 Å². The van der Waals surface area contributed by atoms with E-state index >= 15 is 0 Å². The summed E-state index contributed by atoms with van der Waals surface area (Å²) >= 11 is 0. The highest BCUT2D eigenvalue weighted by Gasteiger charge is 2.25. The molecule has 0 fully saturated rings. The van der Waals surface area contributed by atoms with Crippen molar-refractivity contribution < 1.29 is 9.46 Å². The Labute approximate surface area is 136 Å². The van der Waals surface area contributed by atoms with Crippen molar-refractivity contribution in [2.45, 2.75) is 13.8 Å². The van der Waals surface area contributed by atoms with E-state index in [1.165, 1.54) is 5.56 Å². The van der Waals surface area contributed by atoms with E-state index in [-0.39, 0.29) is 0 Å². The Morgan fingerprint density at radius 3 is 2.09 bits per heavy atom. The number of hydrogen-bond donors (Lipinski definition) is 1. The molecule has 23 heavy (non-hydrogen) atoms. The van der Waals surface area contributed by atoms with Gasteiger partial charge in [-0.15, -0.1) is 0 Å². The smallest absolute Gasteiger partial charge is 0.259 e. The zero-order valence-electron chi connectivity index (χ0n) is 13.2. The van der Waals surface area contributed by atoms with Gasteiger partial charge in [0.25, 0.3) is 7.37 Å². The Kier molecular flexibility index (Phi) is 4.21. The molecular formula is C20H19O2P. The molecule has 0 saturated heterocycles. The minimum absolute atomic E-state index is 0.465. The van der Waals surface area contributed by atoms with Crippen LogP contribution in [0.4, 0.5) is 0 Å². The Balaban J connectivity index is 2.07. The van der Waals surface area contributed by atoms with Gasteiger partial charge in [0.1, 0.15) is 0 Å². The quantitative estimate of drug-likeness (QED) is 0.734. The second-order valence-corrected chi connectivity index (χ2v) is 7.88. The lowest BCUT2D eigenvalue weighted by Gasteiger charge is -2.16. The van der Waals surface area contributed by atoms with Crippen LogP contribution < -0.4 is 10.6 Å². The molecule has 0 radical (unpaired) electrons. The molecule has 0 aliphatic rings. The van der Waals surface area contributed by atoms with E-state index in [4.69, 9.17) is 0 Å². The van der Waals surface area contributed by atoms with Gasteiger partial charge in [-0.25, -0.2) is 0 Å².